The van der Waals surface area contributed by atoms with Crippen LogP contribution in [0.25, 0.3) is 0 Å². The lowest BCUT2D eigenvalue weighted by atomic mass is 9.68. The Bertz CT molecular complexity index is 725. The third-order valence-electron chi connectivity index (χ3n) is 5.99. The zero-order chi connectivity index (χ0) is 23.5. The lowest BCUT2D eigenvalue weighted by molar-refractivity contribution is -0.162. The molecule has 0 aromatic rings. The summed E-state index contributed by atoms with van der Waals surface area (Å²) in [6, 6.07) is 0. The molecule has 172 valence electrons. The van der Waals surface area contributed by atoms with Crippen LogP contribution in [-0.4, -0.2) is 61.9 Å². The minimum absolute atomic E-state index is 0.0601. The fourth-order valence-electron chi connectivity index (χ4n) is 4.97. The molecule has 10 heteroatoms. The Morgan fingerprint density at radius 3 is 1.23 bits per heavy atom. The minimum atomic E-state index is -1.72. The van der Waals surface area contributed by atoms with Crippen molar-refractivity contribution in [3.8, 4) is 0 Å². The molecule has 0 aliphatic heterocycles. The number of rotatable bonds is 8. The van der Waals surface area contributed by atoms with E-state index >= 15 is 0 Å². The van der Waals surface area contributed by atoms with Gasteiger partial charge in [0.1, 0.15) is 23.7 Å². The zero-order valence-corrected chi connectivity index (χ0v) is 18.3. The van der Waals surface area contributed by atoms with E-state index in [1.165, 1.54) is 34.6 Å². The standard InChI is InChI=1S/C21H28O10/c1-6-28-17(24)10-12-11(18(25)29-7-2)16(23)14(20(27)31-9-4)21(12,5)13(15(10)22)19(26)30-8-3/h10-14H,6-9H2,1-5H3. The zero-order valence-electron chi connectivity index (χ0n) is 18.3. The third kappa shape index (κ3) is 3.83. The second-order valence-corrected chi connectivity index (χ2v) is 7.53. The largest absolute Gasteiger partial charge is 0.465 e. The molecule has 10 nitrogen and oxygen atoms in total. The summed E-state index contributed by atoms with van der Waals surface area (Å²) in [4.78, 5) is 77.6. The summed E-state index contributed by atoms with van der Waals surface area (Å²) in [5.74, 6) is -13.3. The normalized spacial score (nSPS) is 31.7. The number of ketones is 2. The summed E-state index contributed by atoms with van der Waals surface area (Å²) in [6.45, 7) is 7.25. The molecular formula is C21H28O10. The van der Waals surface area contributed by atoms with Crippen molar-refractivity contribution in [3.05, 3.63) is 0 Å². The van der Waals surface area contributed by atoms with Gasteiger partial charge in [0.15, 0.2) is 11.6 Å². The van der Waals surface area contributed by atoms with Crippen LogP contribution < -0.4 is 0 Å². The van der Waals surface area contributed by atoms with Gasteiger partial charge in [0.25, 0.3) is 0 Å². The lowest BCUT2D eigenvalue weighted by Gasteiger charge is -2.33. The smallest absolute Gasteiger partial charge is 0.317 e. The Balaban J connectivity index is 2.74. The first kappa shape index (κ1) is 24.5. The Morgan fingerprint density at radius 2 is 0.935 bits per heavy atom. The van der Waals surface area contributed by atoms with Crippen LogP contribution in [0.1, 0.15) is 34.6 Å². The molecule has 0 amide bonds. The summed E-state index contributed by atoms with van der Waals surface area (Å²) in [5, 5.41) is 0. The van der Waals surface area contributed by atoms with Crippen molar-refractivity contribution in [2.24, 2.45) is 35.0 Å². The van der Waals surface area contributed by atoms with Gasteiger partial charge >= 0.3 is 23.9 Å². The number of Topliss-reactive ketones (excluding diaryl/α,β-unsaturated/α-hetero) is 2. The van der Waals surface area contributed by atoms with Crippen molar-refractivity contribution in [2.45, 2.75) is 34.6 Å². The van der Waals surface area contributed by atoms with E-state index in [2.05, 4.69) is 0 Å². The summed E-state index contributed by atoms with van der Waals surface area (Å²) in [6.07, 6.45) is 0. The maximum atomic E-state index is 13.3. The fourth-order valence-corrected chi connectivity index (χ4v) is 4.97. The second kappa shape index (κ2) is 9.57. The molecule has 0 bridgehead atoms. The molecule has 2 fully saturated rings. The first-order valence-corrected chi connectivity index (χ1v) is 10.4. The maximum absolute atomic E-state index is 13.3. The number of ether oxygens (including phenoxy) is 4. The maximum Gasteiger partial charge on any atom is 0.317 e. The van der Waals surface area contributed by atoms with Gasteiger partial charge in [0, 0.05) is 11.3 Å². The Kier molecular flexibility index (Phi) is 7.56. The van der Waals surface area contributed by atoms with Crippen molar-refractivity contribution in [3.63, 3.8) is 0 Å². The molecule has 2 aliphatic rings. The van der Waals surface area contributed by atoms with Crippen LogP contribution >= 0.6 is 0 Å². The van der Waals surface area contributed by atoms with Crippen LogP contribution in [0.3, 0.4) is 0 Å². The predicted molar refractivity (Wildman–Crippen MR) is 102 cm³/mol. The van der Waals surface area contributed by atoms with Crippen LogP contribution in [0.5, 0.6) is 0 Å². The first-order valence-electron chi connectivity index (χ1n) is 10.4. The molecule has 31 heavy (non-hydrogen) atoms. The number of fused-ring (bicyclic) bond motifs is 1. The first-order chi connectivity index (χ1) is 14.6. The van der Waals surface area contributed by atoms with Gasteiger partial charge in [0.05, 0.1) is 26.4 Å². The molecule has 0 aromatic heterocycles. The van der Waals surface area contributed by atoms with E-state index in [-0.39, 0.29) is 26.4 Å². The number of esters is 4. The van der Waals surface area contributed by atoms with E-state index in [1.807, 2.05) is 0 Å². The molecule has 2 saturated carbocycles. The monoisotopic (exact) mass is 440 g/mol. The Morgan fingerprint density at radius 1 is 0.645 bits per heavy atom. The van der Waals surface area contributed by atoms with Gasteiger partial charge in [0.2, 0.25) is 0 Å². The number of carbonyl (C=O) groups excluding carboxylic acids is 6. The number of hydrogen-bond donors (Lipinski definition) is 0. The minimum Gasteiger partial charge on any atom is -0.465 e. The highest BCUT2D eigenvalue weighted by atomic mass is 16.5. The fraction of sp³-hybridized carbons (Fsp3) is 0.714. The van der Waals surface area contributed by atoms with Crippen LogP contribution in [0, 0.1) is 35.0 Å². The van der Waals surface area contributed by atoms with E-state index in [4.69, 9.17) is 18.9 Å². The molecule has 2 rings (SSSR count). The summed E-state index contributed by atoms with van der Waals surface area (Å²) in [7, 11) is 0. The quantitative estimate of drug-likeness (QED) is 0.298. The second-order valence-electron chi connectivity index (χ2n) is 7.53. The predicted octanol–water partition coefficient (Wildman–Crippen LogP) is 0.492. The van der Waals surface area contributed by atoms with E-state index in [0.717, 1.165) is 0 Å². The van der Waals surface area contributed by atoms with Crippen molar-refractivity contribution in [1.82, 2.24) is 0 Å². The third-order valence-corrected chi connectivity index (χ3v) is 5.99. The average molecular weight is 440 g/mol. The molecule has 0 radical (unpaired) electrons. The lowest BCUT2D eigenvalue weighted by Crippen LogP contribution is -2.44. The SMILES string of the molecule is CCOC(=O)C1C(=O)C(C(=O)OCC)C2(C)C(C(=O)OCC)C(=O)C(C(=O)OCC)C12. The van der Waals surface area contributed by atoms with Gasteiger partial charge in [-0.05, 0) is 27.7 Å². The molecular weight excluding hydrogens is 412 g/mol. The van der Waals surface area contributed by atoms with E-state index in [0.29, 0.717) is 0 Å². The van der Waals surface area contributed by atoms with E-state index < -0.39 is 70.4 Å². The molecule has 0 spiro atoms. The van der Waals surface area contributed by atoms with E-state index in [1.54, 1.807) is 0 Å². The van der Waals surface area contributed by atoms with Gasteiger partial charge in [-0.1, -0.05) is 6.92 Å². The summed E-state index contributed by atoms with van der Waals surface area (Å²) < 4.78 is 20.1. The highest BCUT2D eigenvalue weighted by Crippen LogP contribution is 2.62. The highest BCUT2D eigenvalue weighted by Gasteiger charge is 2.77. The molecule has 4 unspecified atom stereocenters. The summed E-state index contributed by atoms with van der Waals surface area (Å²) >= 11 is 0. The Labute approximate surface area is 179 Å². The average Bonchev–Trinajstić information content (AvgIpc) is 3.03. The van der Waals surface area contributed by atoms with E-state index in [9.17, 15) is 28.8 Å². The molecule has 4 atom stereocenters. The van der Waals surface area contributed by atoms with Crippen LogP contribution in [0.2, 0.25) is 0 Å². The molecule has 0 saturated heterocycles. The van der Waals surface area contributed by atoms with Crippen molar-refractivity contribution >= 4 is 35.4 Å². The number of hydrogen-bond acceptors (Lipinski definition) is 10. The molecule has 0 heterocycles. The van der Waals surface area contributed by atoms with Gasteiger partial charge in [-0.2, -0.15) is 0 Å². The topological polar surface area (TPSA) is 139 Å². The summed E-state index contributed by atoms with van der Waals surface area (Å²) in [5.41, 5.74) is -1.72. The van der Waals surface area contributed by atoms with Gasteiger partial charge in [-0.25, -0.2) is 0 Å². The van der Waals surface area contributed by atoms with Crippen molar-refractivity contribution in [2.75, 3.05) is 26.4 Å². The highest BCUT2D eigenvalue weighted by molar-refractivity contribution is 6.19. The van der Waals surface area contributed by atoms with Crippen LogP contribution in [0.15, 0.2) is 0 Å². The van der Waals surface area contributed by atoms with Crippen LogP contribution in [-0.2, 0) is 47.7 Å². The van der Waals surface area contributed by atoms with Crippen LogP contribution in [0.4, 0.5) is 0 Å². The molecule has 0 aromatic carbocycles. The Hall–Kier alpha value is -2.78. The van der Waals surface area contributed by atoms with Crippen molar-refractivity contribution in [1.29, 1.82) is 0 Å². The van der Waals surface area contributed by atoms with Gasteiger partial charge in [-0.15, -0.1) is 0 Å². The number of carbonyl (C=O) groups is 6. The molecule has 2 aliphatic carbocycles. The molecule has 0 N–H and O–H groups in total. The van der Waals surface area contributed by atoms with Crippen molar-refractivity contribution < 1.29 is 47.7 Å². The van der Waals surface area contributed by atoms with Gasteiger partial charge in [-0.3, -0.25) is 28.8 Å². The van der Waals surface area contributed by atoms with Gasteiger partial charge < -0.3 is 18.9 Å².